The summed E-state index contributed by atoms with van der Waals surface area (Å²) in [6.45, 7) is 4.30. The van der Waals surface area contributed by atoms with Crippen molar-refractivity contribution in [2.75, 3.05) is 27.2 Å². The summed E-state index contributed by atoms with van der Waals surface area (Å²) in [5.41, 5.74) is 1.26. The van der Waals surface area contributed by atoms with E-state index in [1.807, 2.05) is 12.1 Å². The third-order valence-electron chi connectivity index (χ3n) is 2.55. The van der Waals surface area contributed by atoms with Crippen molar-refractivity contribution in [1.29, 1.82) is 0 Å². The third kappa shape index (κ3) is 3.84. The first kappa shape index (κ1) is 12.5. The summed E-state index contributed by atoms with van der Waals surface area (Å²) < 4.78 is 6.44. The van der Waals surface area contributed by atoms with Crippen molar-refractivity contribution in [3.8, 4) is 5.75 Å². The predicted molar refractivity (Wildman–Crippen MR) is 67.6 cm³/mol. The fourth-order valence-electron chi connectivity index (χ4n) is 1.41. The molecule has 0 aliphatic rings. The van der Waals surface area contributed by atoms with E-state index in [1.165, 1.54) is 5.56 Å². The van der Waals surface area contributed by atoms with Gasteiger partial charge in [0.25, 0.3) is 0 Å². The Morgan fingerprint density at radius 2 is 2.13 bits per heavy atom. The minimum atomic E-state index is 0.975. The molecule has 0 heterocycles. The average Bonchev–Trinajstić information content (AvgIpc) is 2.26. The van der Waals surface area contributed by atoms with E-state index in [9.17, 15) is 0 Å². The fraction of sp³-hybridized carbons (Fsp3) is 0.500. The molecule has 1 aromatic carbocycles. The van der Waals surface area contributed by atoms with Crippen molar-refractivity contribution in [2.24, 2.45) is 0 Å². The highest BCUT2D eigenvalue weighted by molar-refractivity contribution is 9.10. The predicted octanol–water partition coefficient (Wildman–Crippen LogP) is 2.95. The van der Waals surface area contributed by atoms with Crippen LogP contribution in [0.5, 0.6) is 5.75 Å². The molecule has 0 amide bonds. The summed E-state index contributed by atoms with van der Waals surface area (Å²) >= 11 is 3.48. The van der Waals surface area contributed by atoms with Gasteiger partial charge in [-0.15, -0.1) is 0 Å². The number of likely N-dealkylation sites (N-methyl/N-ethyl adjacent to an activating group) is 1. The van der Waals surface area contributed by atoms with Crippen LogP contribution in [0.1, 0.15) is 12.5 Å². The molecule has 0 spiro atoms. The van der Waals surface area contributed by atoms with Crippen molar-refractivity contribution in [3.05, 3.63) is 28.2 Å². The summed E-state index contributed by atoms with van der Waals surface area (Å²) in [4.78, 5) is 2.29. The first-order valence-electron chi connectivity index (χ1n) is 5.18. The van der Waals surface area contributed by atoms with E-state index in [-0.39, 0.29) is 0 Å². The number of nitrogens with zero attached hydrogens (tertiary/aromatic N) is 1. The molecule has 0 N–H and O–H groups in total. The summed E-state index contributed by atoms with van der Waals surface area (Å²) in [6, 6.07) is 6.14. The van der Waals surface area contributed by atoms with Crippen LogP contribution >= 0.6 is 15.9 Å². The molecule has 0 unspecified atom stereocenters. The number of hydrogen-bond acceptors (Lipinski definition) is 2. The number of halogens is 1. The van der Waals surface area contributed by atoms with Crippen molar-refractivity contribution in [3.63, 3.8) is 0 Å². The molecule has 3 heteroatoms. The topological polar surface area (TPSA) is 12.5 Å². The number of rotatable bonds is 5. The molecule has 0 aliphatic carbocycles. The average molecular weight is 272 g/mol. The van der Waals surface area contributed by atoms with Gasteiger partial charge in [0.1, 0.15) is 5.75 Å². The second-order valence-corrected chi connectivity index (χ2v) is 4.52. The van der Waals surface area contributed by atoms with E-state index >= 15 is 0 Å². The van der Waals surface area contributed by atoms with Crippen LogP contribution in [-0.2, 0) is 6.42 Å². The van der Waals surface area contributed by atoms with Crippen LogP contribution in [0.25, 0.3) is 0 Å². The molecule has 84 valence electrons. The monoisotopic (exact) mass is 271 g/mol. The Kier molecular flexibility index (Phi) is 5.12. The third-order valence-corrected chi connectivity index (χ3v) is 3.04. The summed E-state index contributed by atoms with van der Waals surface area (Å²) in [5.74, 6) is 0.975. The molecule has 1 rings (SSSR count). The standard InChI is InChI=1S/C12H18BrNO/c1-4-14(2)8-7-10-9-11(13)5-6-12(10)15-3/h5-6,9H,4,7-8H2,1-3H3. The molecule has 0 atom stereocenters. The molecule has 0 radical (unpaired) electrons. The van der Waals surface area contributed by atoms with Crippen molar-refractivity contribution in [1.82, 2.24) is 4.90 Å². The van der Waals surface area contributed by atoms with E-state index in [1.54, 1.807) is 7.11 Å². The molecule has 0 fully saturated rings. The second kappa shape index (κ2) is 6.13. The van der Waals surface area contributed by atoms with Crippen LogP contribution in [0, 0.1) is 0 Å². The minimum absolute atomic E-state index is 0.975. The van der Waals surface area contributed by atoms with Crippen LogP contribution in [0.4, 0.5) is 0 Å². The molecular weight excluding hydrogens is 254 g/mol. The first-order valence-corrected chi connectivity index (χ1v) is 5.97. The molecule has 1 aromatic rings. The lowest BCUT2D eigenvalue weighted by Gasteiger charge is -2.15. The van der Waals surface area contributed by atoms with Gasteiger partial charge in [-0.1, -0.05) is 22.9 Å². The van der Waals surface area contributed by atoms with Gasteiger partial charge in [-0.3, -0.25) is 0 Å². The van der Waals surface area contributed by atoms with Gasteiger partial charge in [0, 0.05) is 11.0 Å². The Labute approximate surface area is 100 Å². The van der Waals surface area contributed by atoms with Crippen LogP contribution in [0.3, 0.4) is 0 Å². The molecule has 15 heavy (non-hydrogen) atoms. The Bertz CT molecular complexity index is 314. The number of benzene rings is 1. The van der Waals surface area contributed by atoms with Gasteiger partial charge in [-0.25, -0.2) is 0 Å². The minimum Gasteiger partial charge on any atom is -0.496 e. The van der Waals surface area contributed by atoms with E-state index in [2.05, 4.69) is 40.9 Å². The first-order chi connectivity index (χ1) is 7.17. The Morgan fingerprint density at radius 1 is 1.40 bits per heavy atom. The highest BCUT2D eigenvalue weighted by Crippen LogP contribution is 2.23. The largest absolute Gasteiger partial charge is 0.496 e. The van der Waals surface area contributed by atoms with Crippen molar-refractivity contribution < 1.29 is 4.74 Å². The quantitative estimate of drug-likeness (QED) is 0.817. The SMILES string of the molecule is CCN(C)CCc1cc(Br)ccc1OC. The maximum absolute atomic E-state index is 5.33. The van der Waals surface area contributed by atoms with Gasteiger partial charge in [0.15, 0.2) is 0 Å². The maximum atomic E-state index is 5.33. The van der Waals surface area contributed by atoms with Crippen molar-refractivity contribution in [2.45, 2.75) is 13.3 Å². The van der Waals surface area contributed by atoms with Gasteiger partial charge in [-0.05, 0) is 43.8 Å². The zero-order valence-electron chi connectivity index (χ0n) is 9.59. The van der Waals surface area contributed by atoms with Crippen LogP contribution in [0.2, 0.25) is 0 Å². The Hall–Kier alpha value is -0.540. The second-order valence-electron chi connectivity index (χ2n) is 3.60. The smallest absolute Gasteiger partial charge is 0.122 e. The Balaban J connectivity index is 2.69. The number of hydrogen-bond donors (Lipinski definition) is 0. The molecule has 0 aromatic heterocycles. The van der Waals surface area contributed by atoms with Gasteiger partial charge in [0.2, 0.25) is 0 Å². The lowest BCUT2D eigenvalue weighted by atomic mass is 10.1. The van der Waals surface area contributed by atoms with Gasteiger partial charge in [0.05, 0.1) is 7.11 Å². The van der Waals surface area contributed by atoms with Gasteiger partial charge in [-0.2, -0.15) is 0 Å². The summed E-state index contributed by atoms with van der Waals surface area (Å²) in [5, 5.41) is 0. The fourth-order valence-corrected chi connectivity index (χ4v) is 1.82. The maximum Gasteiger partial charge on any atom is 0.122 e. The lowest BCUT2D eigenvalue weighted by molar-refractivity contribution is 0.352. The normalized spacial score (nSPS) is 10.7. The molecule has 0 aliphatic heterocycles. The van der Waals surface area contributed by atoms with E-state index in [0.29, 0.717) is 0 Å². The van der Waals surface area contributed by atoms with Gasteiger partial charge < -0.3 is 9.64 Å². The summed E-state index contributed by atoms with van der Waals surface area (Å²) in [7, 11) is 3.85. The zero-order valence-corrected chi connectivity index (χ0v) is 11.2. The molecule has 0 saturated carbocycles. The van der Waals surface area contributed by atoms with Crippen LogP contribution < -0.4 is 4.74 Å². The lowest BCUT2D eigenvalue weighted by Crippen LogP contribution is -2.20. The molecular formula is C12H18BrNO. The number of methoxy groups -OCH3 is 1. The molecule has 0 bridgehead atoms. The van der Waals surface area contributed by atoms with Gasteiger partial charge >= 0.3 is 0 Å². The van der Waals surface area contributed by atoms with Crippen LogP contribution in [0.15, 0.2) is 22.7 Å². The van der Waals surface area contributed by atoms with Crippen molar-refractivity contribution >= 4 is 15.9 Å². The highest BCUT2D eigenvalue weighted by atomic mass is 79.9. The molecule has 0 saturated heterocycles. The summed E-state index contributed by atoms with van der Waals surface area (Å²) in [6.07, 6.45) is 1.02. The highest BCUT2D eigenvalue weighted by Gasteiger charge is 2.04. The van der Waals surface area contributed by atoms with E-state index in [0.717, 1.165) is 29.7 Å². The van der Waals surface area contributed by atoms with E-state index < -0.39 is 0 Å². The molecule has 2 nitrogen and oxygen atoms in total. The van der Waals surface area contributed by atoms with E-state index in [4.69, 9.17) is 4.74 Å². The zero-order chi connectivity index (χ0) is 11.3. The Morgan fingerprint density at radius 3 is 2.73 bits per heavy atom. The van der Waals surface area contributed by atoms with Crippen LogP contribution in [-0.4, -0.2) is 32.1 Å². The number of ether oxygens (including phenoxy) is 1.